The molecule has 0 aromatic carbocycles. The van der Waals surface area contributed by atoms with Crippen LogP contribution in [0.5, 0.6) is 0 Å². The van der Waals surface area contributed by atoms with Crippen LogP contribution in [0.15, 0.2) is 6.20 Å². The van der Waals surface area contributed by atoms with Gasteiger partial charge in [0, 0.05) is 26.2 Å². The van der Waals surface area contributed by atoms with Crippen molar-refractivity contribution in [1.29, 1.82) is 0 Å². The molecule has 2 fully saturated rings. The van der Waals surface area contributed by atoms with E-state index >= 15 is 0 Å². The highest BCUT2D eigenvalue weighted by Gasteiger charge is 2.42. The molecule has 3 rings (SSSR count). The van der Waals surface area contributed by atoms with Crippen LogP contribution in [0.1, 0.15) is 23.0 Å². The Morgan fingerprint density at radius 3 is 3.05 bits per heavy atom. The Labute approximate surface area is 112 Å². The maximum Gasteiger partial charge on any atom is 0.339 e. The van der Waals surface area contributed by atoms with Crippen molar-refractivity contribution >= 4 is 5.97 Å². The second-order valence-electron chi connectivity index (χ2n) is 5.69. The van der Waals surface area contributed by atoms with E-state index in [1.165, 1.54) is 6.20 Å². The third-order valence-corrected chi connectivity index (χ3v) is 4.70. The van der Waals surface area contributed by atoms with Gasteiger partial charge in [0.15, 0.2) is 0 Å². The van der Waals surface area contributed by atoms with Gasteiger partial charge in [-0.1, -0.05) is 0 Å². The Hall–Kier alpha value is -1.40. The fourth-order valence-electron chi connectivity index (χ4n) is 3.49. The number of fused-ring (bicyclic) bond motifs is 1. The fourth-order valence-corrected chi connectivity index (χ4v) is 3.49. The molecule has 19 heavy (non-hydrogen) atoms. The average molecular weight is 264 g/mol. The molecule has 0 spiro atoms. The quantitative estimate of drug-likeness (QED) is 0.813. The van der Waals surface area contributed by atoms with Gasteiger partial charge in [-0.15, -0.1) is 0 Å². The van der Waals surface area contributed by atoms with Crippen molar-refractivity contribution in [3.63, 3.8) is 0 Å². The summed E-state index contributed by atoms with van der Waals surface area (Å²) in [5.41, 5.74) is 1.12. The maximum absolute atomic E-state index is 11.2. The number of aromatic nitrogens is 2. The van der Waals surface area contributed by atoms with Gasteiger partial charge in [-0.05, 0) is 31.8 Å². The Morgan fingerprint density at radius 2 is 2.37 bits per heavy atom. The summed E-state index contributed by atoms with van der Waals surface area (Å²) in [4.78, 5) is 13.6. The van der Waals surface area contributed by atoms with E-state index in [1.54, 1.807) is 4.68 Å². The van der Waals surface area contributed by atoms with E-state index in [9.17, 15) is 9.90 Å². The van der Waals surface area contributed by atoms with Crippen molar-refractivity contribution in [3.05, 3.63) is 17.5 Å². The lowest BCUT2D eigenvalue weighted by atomic mass is 9.95. The molecule has 1 aromatic heterocycles. The first kappa shape index (κ1) is 12.6. The van der Waals surface area contributed by atoms with Crippen molar-refractivity contribution in [2.24, 2.45) is 18.9 Å². The van der Waals surface area contributed by atoms with Gasteiger partial charge in [-0.2, -0.15) is 5.10 Å². The molecule has 0 radical (unpaired) electrons. The minimum absolute atomic E-state index is 0.324. The van der Waals surface area contributed by atoms with Crippen molar-refractivity contribution in [1.82, 2.24) is 20.0 Å². The summed E-state index contributed by atoms with van der Waals surface area (Å²) in [5, 5.41) is 16.7. The molecule has 0 aliphatic carbocycles. The number of nitrogens with zero attached hydrogens (tertiary/aromatic N) is 3. The van der Waals surface area contributed by atoms with Gasteiger partial charge < -0.3 is 10.4 Å². The molecule has 3 atom stereocenters. The molecule has 104 valence electrons. The summed E-state index contributed by atoms with van der Waals surface area (Å²) in [7, 11) is 1.81. The second-order valence-corrected chi connectivity index (χ2v) is 5.69. The minimum atomic E-state index is -0.892. The number of carboxylic acid groups (broad SMARTS) is 1. The summed E-state index contributed by atoms with van der Waals surface area (Å²) >= 11 is 0. The van der Waals surface area contributed by atoms with Gasteiger partial charge in [0.25, 0.3) is 0 Å². The Balaban J connectivity index is 1.79. The average Bonchev–Trinajstić information content (AvgIpc) is 3.01. The molecular formula is C13H20N4O2. The summed E-state index contributed by atoms with van der Waals surface area (Å²) in [6.07, 6.45) is 1.45. The first-order valence-corrected chi connectivity index (χ1v) is 6.77. The Kier molecular flexibility index (Phi) is 3.06. The fraction of sp³-hybridized carbons (Fsp3) is 0.692. The lowest BCUT2D eigenvalue weighted by Gasteiger charge is -2.24. The van der Waals surface area contributed by atoms with E-state index in [2.05, 4.69) is 22.2 Å². The molecule has 1 aromatic rings. The van der Waals surface area contributed by atoms with Gasteiger partial charge in [-0.3, -0.25) is 9.58 Å². The first-order valence-electron chi connectivity index (χ1n) is 6.77. The maximum atomic E-state index is 11.2. The molecule has 6 heteroatoms. The van der Waals surface area contributed by atoms with Gasteiger partial charge in [0.05, 0.1) is 11.9 Å². The summed E-state index contributed by atoms with van der Waals surface area (Å²) in [6, 6.07) is 0.497. The number of hydrogen-bond donors (Lipinski definition) is 2. The molecule has 0 amide bonds. The van der Waals surface area contributed by atoms with Crippen LogP contribution in [0.2, 0.25) is 0 Å². The molecule has 2 N–H and O–H groups in total. The number of nitrogens with one attached hydrogen (secondary N) is 1. The van der Waals surface area contributed by atoms with Crippen molar-refractivity contribution in [2.75, 3.05) is 19.6 Å². The SMILES string of the molecule is CC1C2CNCC2CN1Cc1c(C(=O)O)cnn1C. The number of aromatic carboxylic acids is 1. The highest BCUT2D eigenvalue weighted by Crippen LogP contribution is 2.33. The Morgan fingerprint density at radius 1 is 1.58 bits per heavy atom. The van der Waals surface area contributed by atoms with Gasteiger partial charge >= 0.3 is 5.97 Å². The molecule has 3 heterocycles. The van der Waals surface area contributed by atoms with E-state index in [1.807, 2.05) is 7.05 Å². The predicted octanol–water partition coefficient (Wildman–Crippen LogP) is 0.158. The van der Waals surface area contributed by atoms with E-state index in [-0.39, 0.29) is 0 Å². The zero-order valence-electron chi connectivity index (χ0n) is 11.3. The monoisotopic (exact) mass is 264 g/mol. The van der Waals surface area contributed by atoms with E-state index in [0.29, 0.717) is 30.0 Å². The molecule has 2 aliphatic rings. The number of rotatable bonds is 3. The molecule has 2 saturated heterocycles. The van der Waals surface area contributed by atoms with Crippen molar-refractivity contribution in [3.8, 4) is 0 Å². The normalized spacial score (nSPS) is 30.7. The number of hydrogen-bond acceptors (Lipinski definition) is 4. The van der Waals surface area contributed by atoms with E-state index < -0.39 is 5.97 Å². The smallest absolute Gasteiger partial charge is 0.339 e. The lowest BCUT2D eigenvalue weighted by molar-refractivity contribution is 0.0693. The van der Waals surface area contributed by atoms with Gasteiger partial charge in [0.1, 0.15) is 5.56 Å². The Bertz CT molecular complexity index is 499. The molecular weight excluding hydrogens is 244 g/mol. The van der Waals surface area contributed by atoms with Crippen molar-refractivity contribution in [2.45, 2.75) is 19.5 Å². The molecule has 6 nitrogen and oxygen atoms in total. The van der Waals surface area contributed by atoms with Gasteiger partial charge in [-0.25, -0.2) is 4.79 Å². The summed E-state index contributed by atoms with van der Waals surface area (Å²) in [6.45, 7) is 6.13. The second kappa shape index (κ2) is 4.61. The van der Waals surface area contributed by atoms with Crippen LogP contribution in [0.3, 0.4) is 0 Å². The van der Waals surface area contributed by atoms with Gasteiger partial charge in [0.2, 0.25) is 0 Å². The van der Waals surface area contributed by atoms with Crippen LogP contribution < -0.4 is 5.32 Å². The van der Waals surface area contributed by atoms with Crippen LogP contribution >= 0.6 is 0 Å². The number of carbonyl (C=O) groups is 1. The lowest BCUT2D eigenvalue weighted by Crippen LogP contribution is -2.33. The molecule has 0 saturated carbocycles. The zero-order chi connectivity index (χ0) is 13.6. The van der Waals surface area contributed by atoms with Crippen LogP contribution in [-0.4, -0.2) is 51.4 Å². The first-order chi connectivity index (χ1) is 9.08. The standard InChI is InChI=1S/C13H20N4O2/c1-8-10-4-14-3-9(10)6-17(8)7-12-11(13(18)19)5-15-16(12)2/h5,8-10,14H,3-4,6-7H2,1-2H3,(H,18,19). The van der Waals surface area contributed by atoms with E-state index in [0.717, 1.165) is 25.3 Å². The molecule has 2 aliphatic heterocycles. The van der Waals surface area contributed by atoms with Crippen molar-refractivity contribution < 1.29 is 9.90 Å². The third-order valence-electron chi connectivity index (χ3n) is 4.70. The van der Waals surface area contributed by atoms with Crippen LogP contribution in [0.25, 0.3) is 0 Å². The molecule has 3 unspecified atom stereocenters. The van der Waals surface area contributed by atoms with Crippen LogP contribution in [0, 0.1) is 11.8 Å². The van der Waals surface area contributed by atoms with Crippen LogP contribution in [-0.2, 0) is 13.6 Å². The minimum Gasteiger partial charge on any atom is -0.478 e. The zero-order valence-corrected chi connectivity index (χ0v) is 11.3. The topological polar surface area (TPSA) is 70.4 Å². The third kappa shape index (κ3) is 2.04. The predicted molar refractivity (Wildman–Crippen MR) is 69.9 cm³/mol. The number of carboxylic acids is 1. The van der Waals surface area contributed by atoms with Crippen LogP contribution in [0.4, 0.5) is 0 Å². The summed E-state index contributed by atoms with van der Waals surface area (Å²) < 4.78 is 1.68. The number of likely N-dealkylation sites (tertiary alicyclic amines) is 1. The van der Waals surface area contributed by atoms with E-state index in [4.69, 9.17) is 0 Å². The number of aryl methyl sites for hydroxylation is 1. The molecule has 0 bridgehead atoms. The summed E-state index contributed by atoms with van der Waals surface area (Å²) in [5.74, 6) is 0.509. The highest BCUT2D eigenvalue weighted by atomic mass is 16.4. The largest absolute Gasteiger partial charge is 0.478 e. The highest BCUT2D eigenvalue weighted by molar-refractivity contribution is 5.88.